The number of carbonyl (C=O) groups excluding carboxylic acids is 2. The smallest absolute Gasteiger partial charge is 0.274 e. The minimum Gasteiger partial charge on any atom is -0.395 e. The number of carbonyl (C=O) groups is 2. The normalized spacial score (nSPS) is 18.7. The van der Waals surface area contributed by atoms with Gasteiger partial charge in [0.2, 0.25) is 5.91 Å². The minimum absolute atomic E-state index is 0.00110. The Labute approximate surface area is 111 Å². The molecule has 1 aromatic rings. The highest BCUT2D eigenvalue weighted by Gasteiger charge is 2.23. The number of anilines is 1. The minimum atomic E-state index is -0.318. The van der Waals surface area contributed by atoms with Crippen molar-refractivity contribution in [2.24, 2.45) is 0 Å². The molecule has 7 heteroatoms. The van der Waals surface area contributed by atoms with Gasteiger partial charge in [-0.15, -0.1) is 0 Å². The number of nitrogens with two attached hydrogens (primary N) is 1. The molecule has 0 radical (unpaired) electrons. The van der Waals surface area contributed by atoms with Crippen LogP contribution in [0.4, 0.5) is 5.69 Å². The maximum absolute atomic E-state index is 12.0. The zero-order valence-corrected chi connectivity index (χ0v) is 11.1. The van der Waals surface area contributed by atoms with Gasteiger partial charge in [-0.2, -0.15) is 5.10 Å². The number of nitrogens with one attached hydrogen (secondary N) is 3. The maximum Gasteiger partial charge on any atom is 0.274 e. The average molecular weight is 265 g/mol. The fraction of sp³-hybridized carbons (Fsp3) is 0.583. The highest BCUT2D eigenvalue weighted by atomic mass is 16.2. The second kappa shape index (κ2) is 5.29. The van der Waals surface area contributed by atoms with Crippen molar-refractivity contribution in [3.05, 3.63) is 11.4 Å². The van der Waals surface area contributed by atoms with Crippen molar-refractivity contribution in [3.63, 3.8) is 0 Å². The van der Waals surface area contributed by atoms with E-state index in [1.54, 1.807) is 0 Å². The van der Waals surface area contributed by atoms with Crippen LogP contribution < -0.4 is 16.4 Å². The van der Waals surface area contributed by atoms with Gasteiger partial charge in [0, 0.05) is 19.0 Å². The summed E-state index contributed by atoms with van der Waals surface area (Å²) in [5, 5.41) is 12.3. The fourth-order valence-corrected chi connectivity index (χ4v) is 2.11. The molecule has 1 aliphatic rings. The van der Waals surface area contributed by atoms with Crippen LogP contribution in [-0.2, 0) is 4.79 Å². The number of aromatic amines is 1. The molecule has 1 aliphatic heterocycles. The van der Waals surface area contributed by atoms with Crippen LogP contribution in [0.1, 0.15) is 48.8 Å². The highest BCUT2D eigenvalue weighted by molar-refractivity contribution is 5.97. The summed E-state index contributed by atoms with van der Waals surface area (Å²) in [6, 6.07) is 0.00110. The van der Waals surface area contributed by atoms with Crippen molar-refractivity contribution in [2.75, 3.05) is 12.3 Å². The van der Waals surface area contributed by atoms with Gasteiger partial charge in [0.1, 0.15) is 0 Å². The van der Waals surface area contributed by atoms with Gasteiger partial charge >= 0.3 is 0 Å². The Morgan fingerprint density at radius 1 is 1.58 bits per heavy atom. The maximum atomic E-state index is 12.0. The van der Waals surface area contributed by atoms with Crippen LogP contribution in [0, 0.1) is 0 Å². The predicted octanol–water partition coefficient (Wildman–Crippen LogP) is 0.124. The summed E-state index contributed by atoms with van der Waals surface area (Å²) >= 11 is 0. The van der Waals surface area contributed by atoms with Gasteiger partial charge in [-0.3, -0.25) is 14.7 Å². The monoisotopic (exact) mass is 265 g/mol. The van der Waals surface area contributed by atoms with E-state index >= 15 is 0 Å². The number of amides is 2. The largest absolute Gasteiger partial charge is 0.395 e. The van der Waals surface area contributed by atoms with E-state index in [0.29, 0.717) is 18.7 Å². The molecule has 2 rings (SSSR count). The molecule has 1 aromatic heterocycles. The summed E-state index contributed by atoms with van der Waals surface area (Å²) in [4.78, 5) is 23.0. The number of nitrogen functional groups attached to an aromatic ring is 1. The van der Waals surface area contributed by atoms with Crippen LogP contribution in [0.2, 0.25) is 0 Å². The highest BCUT2D eigenvalue weighted by Crippen LogP contribution is 2.21. The SMILES string of the molecule is CC(C)c1[nH]nc(C(=O)NCC2CCC(=O)N2)c1N. The van der Waals surface area contributed by atoms with Gasteiger partial charge in [0.05, 0.1) is 11.4 Å². The van der Waals surface area contributed by atoms with E-state index in [1.807, 2.05) is 13.8 Å². The Morgan fingerprint density at radius 2 is 2.32 bits per heavy atom. The molecule has 7 nitrogen and oxygen atoms in total. The van der Waals surface area contributed by atoms with Crippen molar-refractivity contribution >= 4 is 17.5 Å². The van der Waals surface area contributed by atoms with E-state index in [4.69, 9.17) is 5.73 Å². The first-order valence-corrected chi connectivity index (χ1v) is 6.40. The molecule has 0 aliphatic carbocycles. The molecule has 2 amide bonds. The van der Waals surface area contributed by atoms with Crippen LogP contribution in [0.15, 0.2) is 0 Å². The van der Waals surface area contributed by atoms with Crippen LogP contribution in [-0.4, -0.2) is 34.6 Å². The first-order valence-electron chi connectivity index (χ1n) is 6.40. The number of H-pyrrole nitrogens is 1. The molecule has 104 valence electrons. The van der Waals surface area contributed by atoms with Gasteiger partial charge in [0.25, 0.3) is 5.91 Å². The standard InChI is InChI=1S/C12H19N5O2/c1-6(2)10-9(13)11(17-16-10)12(19)14-5-7-3-4-8(18)15-7/h6-7H,3-5,13H2,1-2H3,(H,14,19)(H,15,18)(H,16,17). The summed E-state index contributed by atoms with van der Waals surface area (Å²) in [6.45, 7) is 4.34. The Morgan fingerprint density at radius 3 is 2.84 bits per heavy atom. The molecular formula is C12H19N5O2. The van der Waals surface area contributed by atoms with Crippen molar-refractivity contribution in [3.8, 4) is 0 Å². The summed E-state index contributed by atoms with van der Waals surface area (Å²) in [5.74, 6) is -0.106. The Hall–Kier alpha value is -2.05. The van der Waals surface area contributed by atoms with E-state index in [0.717, 1.165) is 12.1 Å². The zero-order valence-electron chi connectivity index (χ0n) is 11.1. The molecule has 19 heavy (non-hydrogen) atoms. The molecule has 2 heterocycles. The van der Waals surface area contributed by atoms with Crippen molar-refractivity contribution in [1.29, 1.82) is 0 Å². The van der Waals surface area contributed by atoms with Crippen LogP contribution >= 0.6 is 0 Å². The quantitative estimate of drug-likeness (QED) is 0.619. The summed E-state index contributed by atoms with van der Waals surface area (Å²) < 4.78 is 0. The van der Waals surface area contributed by atoms with Gasteiger partial charge in [-0.05, 0) is 12.3 Å². The number of rotatable bonds is 4. The Bertz CT molecular complexity index is 494. The molecule has 0 bridgehead atoms. The molecule has 0 aromatic carbocycles. The molecule has 1 unspecified atom stereocenters. The van der Waals surface area contributed by atoms with E-state index in [-0.39, 0.29) is 29.5 Å². The number of hydrogen-bond acceptors (Lipinski definition) is 4. The predicted molar refractivity (Wildman–Crippen MR) is 70.6 cm³/mol. The molecule has 1 saturated heterocycles. The lowest BCUT2D eigenvalue weighted by Crippen LogP contribution is -2.38. The second-order valence-electron chi connectivity index (χ2n) is 5.07. The fourth-order valence-electron chi connectivity index (χ4n) is 2.11. The molecular weight excluding hydrogens is 246 g/mol. The third-order valence-corrected chi connectivity index (χ3v) is 3.22. The lowest BCUT2D eigenvalue weighted by Gasteiger charge is -2.10. The van der Waals surface area contributed by atoms with E-state index < -0.39 is 0 Å². The number of hydrogen-bond donors (Lipinski definition) is 4. The summed E-state index contributed by atoms with van der Waals surface area (Å²) in [6.07, 6.45) is 1.26. The molecule has 5 N–H and O–H groups in total. The van der Waals surface area contributed by atoms with Gasteiger partial charge in [-0.1, -0.05) is 13.8 Å². The molecule has 0 saturated carbocycles. The number of aromatic nitrogens is 2. The van der Waals surface area contributed by atoms with Gasteiger partial charge < -0.3 is 16.4 Å². The van der Waals surface area contributed by atoms with Gasteiger partial charge in [0.15, 0.2) is 5.69 Å². The lowest BCUT2D eigenvalue weighted by molar-refractivity contribution is -0.119. The molecule has 1 fully saturated rings. The molecule has 0 spiro atoms. The average Bonchev–Trinajstić information content (AvgIpc) is 2.92. The van der Waals surface area contributed by atoms with Crippen molar-refractivity contribution in [1.82, 2.24) is 20.8 Å². The van der Waals surface area contributed by atoms with E-state index in [1.165, 1.54) is 0 Å². The summed E-state index contributed by atoms with van der Waals surface area (Å²) in [5.41, 5.74) is 7.26. The molecule has 1 atom stereocenters. The second-order valence-corrected chi connectivity index (χ2v) is 5.07. The van der Waals surface area contributed by atoms with Crippen LogP contribution in [0.25, 0.3) is 0 Å². The first kappa shape index (κ1) is 13.4. The van der Waals surface area contributed by atoms with Crippen molar-refractivity contribution < 1.29 is 9.59 Å². The van der Waals surface area contributed by atoms with Gasteiger partial charge in [-0.25, -0.2) is 0 Å². The number of nitrogens with zero attached hydrogens (tertiary/aromatic N) is 1. The Balaban J connectivity index is 1.95. The summed E-state index contributed by atoms with van der Waals surface area (Å²) in [7, 11) is 0. The lowest BCUT2D eigenvalue weighted by atomic mass is 10.1. The third-order valence-electron chi connectivity index (χ3n) is 3.22. The topological polar surface area (TPSA) is 113 Å². The van der Waals surface area contributed by atoms with Crippen molar-refractivity contribution in [2.45, 2.75) is 38.6 Å². The first-order chi connectivity index (χ1) is 8.99. The zero-order chi connectivity index (χ0) is 14.0. The van der Waals surface area contributed by atoms with Crippen LogP contribution in [0.5, 0.6) is 0 Å². The Kier molecular flexibility index (Phi) is 3.73. The van der Waals surface area contributed by atoms with E-state index in [2.05, 4.69) is 20.8 Å². The third kappa shape index (κ3) is 2.86. The van der Waals surface area contributed by atoms with E-state index in [9.17, 15) is 9.59 Å². The van der Waals surface area contributed by atoms with Crippen LogP contribution in [0.3, 0.4) is 0 Å².